The zero-order valence-corrected chi connectivity index (χ0v) is 70.2. The van der Waals surface area contributed by atoms with Gasteiger partial charge >= 0.3 is 5.97 Å². The van der Waals surface area contributed by atoms with Crippen LogP contribution < -0.4 is 9.64 Å². The molecule has 2 aliphatic heterocycles. The number of hydrogen-bond donors (Lipinski definition) is 1. The number of aliphatic imine (C=N–C) groups is 1. The Bertz CT molecular complexity index is 5550. The third kappa shape index (κ3) is 20.7. The summed E-state index contributed by atoms with van der Waals surface area (Å²) in [7, 11) is 17.6. The minimum absolute atomic E-state index is 0.00665. The summed E-state index contributed by atoms with van der Waals surface area (Å²) in [6.45, 7) is 10.7. The van der Waals surface area contributed by atoms with Crippen LogP contribution >= 0.6 is 0 Å². The van der Waals surface area contributed by atoms with Gasteiger partial charge < -0.3 is 60.9 Å². The van der Waals surface area contributed by atoms with Crippen LogP contribution in [-0.2, 0) is 135 Å². The van der Waals surface area contributed by atoms with Gasteiger partial charge in [-0.15, -0.1) is 0 Å². The smallest absolute Gasteiger partial charge is 0.310 e. The molecule has 1 atom stereocenters. The van der Waals surface area contributed by atoms with Crippen LogP contribution in [0.4, 0.5) is 11.4 Å². The molecule has 620 valence electrons. The fourth-order valence-corrected chi connectivity index (χ4v) is 15.2. The van der Waals surface area contributed by atoms with Crippen LogP contribution in [0.25, 0.3) is 0 Å². The summed E-state index contributed by atoms with van der Waals surface area (Å²) in [5.74, 6) is -1.16. The number of hydrogen-bond acceptors (Lipinski definition) is 17. The zero-order valence-electron chi connectivity index (χ0n) is 70.2. The molecule has 8 aromatic heterocycles. The maximum Gasteiger partial charge on any atom is 0.310 e. The highest BCUT2D eigenvalue weighted by atomic mass is 16.6. The molecule has 2 aromatic carbocycles. The molecule has 0 saturated heterocycles. The minimum atomic E-state index is -0.597. The highest BCUT2D eigenvalue weighted by Crippen LogP contribution is 2.39. The van der Waals surface area contributed by atoms with Gasteiger partial charge in [0.1, 0.15) is 28.5 Å². The second kappa shape index (κ2) is 37.2. The van der Waals surface area contributed by atoms with E-state index in [4.69, 9.17) is 9.47 Å². The van der Waals surface area contributed by atoms with Crippen LogP contribution in [0.1, 0.15) is 224 Å². The molecule has 0 saturated carbocycles. The second-order valence-corrected chi connectivity index (χ2v) is 32.1. The van der Waals surface area contributed by atoms with Crippen molar-refractivity contribution in [1.29, 1.82) is 0 Å². The first-order chi connectivity index (χ1) is 56.1. The van der Waals surface area contributed by atoms with Gasteiger partial charge in [-0.1, -0.05) is 44.9 Å². The molecule has 1 unspecified atom stereocenters. The SMILES string of the molecule is CCCCN(C)C(=O)c1cc(CC(=O)c2cc(CC(=O)c3cc(CC(=O)c4nc(CC(=O)CCCOc5cc6c(cc5CO)C(=O)N5c7ccccc7CC5C=N6)cn4C)cn3C)cn2C)cn1C.CCCCN(C)C(=O)c1cc(CC(=O)c2cc(CC(=O)c3nc(CC(=O)c4cc(CC(=O)OC(C)(C)C)cn4C)cn3C)cn2C)cn1C. The van der Waals surface area contributed by atoms with Gasteiger partial charge in [0.2, 0.25) is 11.6 Å². The molecule has 0 aliphatic carbocycles. The van der Waals surface area contributed by atoms with Gasteiger partial charge in [0, 0.05) is 202 Å². The number of Topliss-reactive ketones (excluding diaryl/α,β-unsaturated/α-hetero) is 7. The van der Waals surface area contributed by atoms with Crippen molar-refractivity contribution in [1.82, 2.24) is 56.3 Å². The lowest BCUT2D eigenvalue weighted by Crippen LogP contribution is -2.37. The summed E-state index contributed by atoms with van der Waals surface area (Å²) in [5, 5.41) is 10.2. The number of aliphatic hydroxyl groups excluding tert-OH is 1. The van der Waals surface area contributed by atoms with E-state index in [0.717, 1.165) is 48.1 Å². The van der Waals surface area contributed by atoms with Gasteiger partial charge in [-0.05, 0) is 128 Å². The van der Waals surface area contributed by atoms with Crippen molar-refractivity contribution in [2.75, 3.05) is 38.7 Å². The molecule has 1 N–H and O–H groups in total. The Balaban J connectivity index is 0.000000246. The molecule has 3 amide bonds. The van der Waals surface area contributed by atoms with Gasteiger partial charge in [0.25, 0.3) is 17.7 Å². The van der Waals surface area contributed by atoms with Crippen LogP contribution in [0.2, 0.25) is 0 Å². The molecule has 2 aliphatic rings. The maximum atomic E-state index is 13.7. The predicted molar refractivity (Wildman–Crippen MR) is 445 cm³/mol. The first kappa shape index (κ1) is 86.4. The minimum Gasteiger partial charge on any atom is -0.493 e. The standard InChI is InChI=1S/C53H58N8O8.C37H48N6O6/c1-7-8-15-56(2)53(68)46-19-35(30-59(46)5)21-48(65)44-17-33(28-57(44)3)20-47(64)45-18-34(29-58(45)4)22-49(66)51-55-38(31-60(51)6)25-40(63)13-11-16-69-50-26-42-41(24-37(50)32-62)52(67)61-39(27-54-42)23-36-12-9-10-14-43(36)61;1-10-11-12-39(5)36(48)30-15-25(21-42(30)8)16-31(44)28-13-24(20-40(28)6)17-33(46)35-38-27(23-43(35)9)19-32(45)29-14-26(22-41(29)7)18-34(47)49-37(2,3)4/h9-10,12,14,17-19,24,26-31,39,62H,7-8,11,13,15-16,20-23,25,32H2,1-6H3;13-15,20-23H,10-12,16-19H2,1-9H3. The average Bonchev–Trinajstić information content (AvgIpc) is 1.59. The van der Waals surface area contributed by atoms with Crippen molar-refractivity contribution >= 4 is 81.8 Å². The number of esters is 1. The molecular weight excluding hydrogens is 1500 g/mol. The number of nitrogens with zero attached hydrogens (tertiary/aromatic N) is 14. The number of fused-ring (bicyclic) bond motifs is 4. The van der Waals surface area contributed by atoms with Crippen molar-refractivity contribution in [2.45, 2.75) is 149 Å². The summed E-state index contributed by atoms with van der Waals surface area (Å²) in [6, 6.07) is 21.2. The van der Waals surface area contributed by atoms with Crippen LogP contribution in [0.3, 0.4) is 0 Å². The van der Waals surface area contributed by atoms with E-state index in [-0.39, 0.29) is 153 Å². The molecule has 10 heterocycles. The van der Waals surface area contributed by atoms with Crippen molar-refractivity contribution in [2.24, 2.45) is 61.4 Å². The van der Waals surface area contributed by atoms with Crippen LogP contribution in [0.5, 0.6) is 5.75 Å². The topological polar surface area (TPSA) is 314 Å². The largest absolute Gasteiger partial charge is 0.493 e. The molecule has 28 heteroatoms. The van der Waals surface area contributed by atoms with Crippen LogP contribution in [-0.4, -0.2) is 177 Å². The van der Waals surface area contributed by atoms with E-state index in [1.54, 1.807) is 247 Å². The van der Waals surface area contributed by atoms with E-state index < -0.39 is 5.60 Å². The maximum absolute atomic E-state index is 13.7. The number of imidazole rings is 2. The van der Waals surface area contributed by atoms with E-state index >= 15 is 0 Å². The number of unbranched alkanes of at least 4 members (excludes halogenated alkanes) is 2. The Morgan fingerprint density at radius 1 is 0.492 bits per heavy atom. The van der Waals surface area contributed by atoms with E-state index in [1.165, 1.54) is 0 Å². The van der Waals surface area contributed by atoms with E-state index in [9.17, 15) is 57.8 Å². The van der Waals surface area contributed by atoms with Crippen LogP contribution in [0.15, 0.2) is 127 Å². The van der Waals surface area contributed by atoms with Gasteiger partial charge in [-0.2, -0.15) is 0 Å². The van der Waals surface area contributed by atoms with Gasteiger partial charge in [0.05, 0.1) is 83.9 Å². The highest BCUT2D eigenvalue weighted by Gasteiger charge is 2.37. The lowest BCUT2D eigenvalue weighted by atomic mass is 10.1. The van der Waals surface area contributed by atoms with Gasteiger partial charge in [-0.3, -0.25) is 62.6 Å². The number of ether oxygens (including phenoxy) is 2. The van der Waals surface area contributed by atoms with Crippen molar-refractivity contribution in [3.8, 4) is 5.75 Å². The Morgan fingerprint density at radius 3 is 1.34 bits per heavy atom. The van der Waals surface area contributed by atoms with E-state index in [1.807, 2.05) is 24.3 Å². The lowest BCUT2D eigenvalue weighted by molar-refractivity contribution is -0.154. The number of anilines is 1. The van der Waals surface area contributed by atoms with E-state index in [2.05, 4.69) is 28.8 Å². The summed E-state index contributed by atoms with van der Waals surface area (Å²) in [6.07, 6.45) is 21.1. The fourth-order valence-electron chi connectivity index (χ4n) is 15.2. The predicted octanol–water partition coefficient (Wildman–Crippen LogP) is 10.8. The summed E-state index contributed by atoms with van der Waals surface area (Å²) < 4.78 is 24.9. The Hall–Kier alpha value is -12.5. The summed E-state index contributed by atoms with van der Waals surface area (Å²) >= 11 is 0. The average molecular weight is 1610 g/mol. The molecule has 10 aromatic rings. The number of ketones is 7. The number of benzene rings is 2. The number of rotatable bonds is 36. The second-order valence-electron chi connectivity index (χ2n) is 32.1. The molecule has 0 radical (unpaired) electrons. The number of aryl methyl sites for hydroxylation is 8. The molecule has 12 rings (SSSR count). The normalized spacial score (nSPS) is 12.9. The zero-order chi connectivity index (χ0) is 85.3. The number of amides is 3. The molecule has 118 heavy (non-hydrogen) atoms. The molecular formula is C90H106N14O14. The van der Waals surface area contributed by atoms with Crippen molar-refractivity contribution < 1.29 is 67.3 Å². The lowest BCUT2D eigenvalue weighted by Gasteiger charge is -2.22. The van der Waals surface area contributed by atoms with Crippen LogP contribution in [0, 0.1) is 0 Å². The first-order valence-electron chi connectivity index (χ1n) is 39.8. The monoisotopic (exact) mass is 1610 g/mol. The first-order valence-corrected chi connectivity index (χ1v) is 39.8. The number of carbonyl (C=O) groups excluding carboxylic acids is 11. The van der Waals surface area contributed by atoms with E-state index in [0.29, 0.717) is 116 Å². The summed E-state index contributed by atoms with van der Waals surface area (Å²) in [5.41, 5.74) is 10.5. The number of carbonyl (C=O) groups is 11. The molecule has 0 bridgehead atoms. The third-order valence-corrected chi connectivity index (χ3v) is 21.1. The Kier molecular flexibility index (Phi) is 27.2. The third-order valence-electron chi connectivity index (χ3n) is 21.1. The summed E-state index contributed by atoms with van der Waals surface area (Å²) in [4.78, 5) is 164. The number of aliphatic hydroxyl groups is 1. The number of aromatic nitrogens is 10. The van der Waals surface area contributed by atoms with Gasteiger partial charge in [0.15, 0.2) is 34.8 Å². The quantitative estimate of drug-likeness (QED) is 0.0217. The molecule has 28 nitrogen and oxygen atoms in total. The van der Waals surface area contributed by atoms with Crippen molar-refractivity contribution in [3.05, 3.63) is 230 Å². The Morgan fingerprint density at radius 2 is 0.898 bits per heavy atom. The highest BCUT2D eigenvalue weighted by molar-refractivity contribution is 6.15. The number of para-hydroxylation sites is 1. The molecule has 0 fully saturated rings. The van der Waals surface area contributed by atoms with Crippen molar-refractivity contribution in [3.63, 3.8) is 0 Å². The van der Waals surface area contributed by atoms with Gasteiger partial charge in [-0.25, -0.2) is 9.97 Å². The molecule has 0 spiro atoms. The Labute approximate surface area is 686 Å². The fraction of sp³-hybridized carbons (Fsp3) is 0.400.